The second-order valence-electron chi connectivity index (χ2n) is 3.52. The monoisotopic (exact) mass is 282 g/mol. The van der Waals surface area contributed by atoms with Crippen LogP contribution in [0.5, 0.6) is 11.5 Å². The van der Waals surface area contributed by atoms with Crippen molar-refractivity contribution in [1.82, 2.24) is 9.36 Å². The number of aromatic hydroxyl groups is 2. The minimum Gasteiger partial charge on any atom is -0.508 e. The number of ketones is 1. The number of aromatic nitrogens is 2. The molecule has 7 heteroatoms. The Hall–Kier alpha value is -1.60. The van der Waals surface area contributed by atoms with Crippen LogP contribution in [0.4, 0.5) is 0 Å². The van der Waals surface area contributed by atoms with Gasteiger partial charge in [0, 0.05) is 6.07 Å². The standard InChI is InChI=1S/C11H10N2O3S2/c1-6-12-11(18-13-6)17-5-10(16)8-3-2-7(14)4-9(8)15/h2-4,14-15H,5H2,1H3. The van der Waals surface area contributed by atoms with Gasteiger partial charge in [0.05, 0.1) is 11.3 Å². The molecule has 0 spiro atoms. The molecule has 2 rings (SSSR count). The number of phenols is 2. The van der Waals surface area contributed by atoms with Gasteiger partial charge in [0.1, 0.15) is 17.3 Å². The number of phenolic OH excluding ortho intramolecular Hbond substituents is 2. The first-order valence-electron chi connectivity index (χ1n) is 5.04. The minimum absolute atomic E-state index is 0.0727. The molecule has 1 heterocycles. The molecule has 2 N–H and O–H groups in total. The van der Waals surface area contributed by atoms with E-state index in [1.54, 1.807) is 6.92 Å². The highest BCUT2D eigenvalue weighted by atomic mass is 32.2. The van der Waals surface area contributed by atoms with Crippen molar-refractivity contribution in [3.63, 3.8) is 0 Å². The first-order chi connectivity index (χ1) is 8.56. The molecule has 1 aromatic carbocycles. The van der Waals surface area contributed by atoms with E-state index in [4.69, 9.17) is 5.11 Å². The average molecular weight is 282 g/mol. The number of hydrogen-bond donors (Lipinski definition) is 2. The fourth-order valence-corrected chi connectivity index (χ4v) is 2.83. The highest BCUT2D eigenvalue weighted by Crippen LogP contribution is 2.26. The van der Waals surface area contributed by atoms with Gasteiger partial charge < -0.3 is 10.2 Å². The number of carbonyl (C=O) groups excluding carboxylic acids is 1. The molecule has 0 fully saturated rings. The highest BCUT2D eigenvalue weighted by Gasteiger charge is 2.13. The van der Waals surface area contributed by atoms with Gasteiger partial charge in [-0.15, -0.1) is 0 Å². The summed E-state index contributed by atoms with van der Waals surface area (Å²) < 4.78 is 4.73. The van der Waals surface area contributed by atoms with Gasteiger partial charge in [0.2, 0.25) is 0 Å². The van der Waals surface area contributed by atoms with Crippen molar-refractivity contribution in [3.05, 3.63) is 29.6 Å². The van der Waals surface area contributed by atoms with Crippen molar-refractivity contribution in [1.29, 1.82) is 0 Å². The van der Waals surface area contributed by atoms with Crippen molar-refractivity contribution in [3.8, 4) is 11.5 Å². The number of benzene rings is 1. The van der Waals surface area contributed by atoms with E-state index >= 15 is 0 Å². The molecule has 0 bridgehead atoms. The van der Waals surface area contributed by atoms with Gasteiger partial charge >= 0.3 is 0 Å². The third kappa shape index (κ3) is 2.99. The molecule has 0 radical (unpaired) electrons. The molecule has 0 amide bonds. The predicted octanol–water partition coefficient (Wildman–Crippen LogP) is 2.23. The van der Waals surface area contributed by atoms with E-state index < -0.39 is 0 Å². The van der Waals surface area contributed by atoms with Crippen LogP contribution in [0.1, 0.15) is 16.2 Å². The normalized spacial score (nSPS) is 10.5. The maximum absolute atomic E-state index is 11.9. The van der Waals surface area contributed by atoms with E-state index in [1.807, 2.05) is 0 Å². The number of nitrogens with zero attached hydrogens (tertiary/aromatic N) is 2. The molecule has 1 aromatic heterocycles. The zero-order valence-corrected chi connectivity index (χ0v) is 11.1. The molecule has 94 valence electrons. The maximum atomic E-state index is 11.9. The summed E-state index contributed by atoms with van der Waals surface area (Å²) in [5.41, 5.74) is 0.196. The van der Waals surface area contributed by atoms with E-state index in [2.05, 4.69) is 9.36 Å². The smallest absolute Gasteiger partial charge is 0.176 e. The van der Waals surface area contributed by atoms with Crippen LogP contribution in [0.3, 0.4) is 0 Å². The number of Topliss-reactive ketones (excluding diaryl/α,β-unsaturated/α-hetero) is 1. The van der Waals surface area contributed by atoms with Crippen LogP contribution >= 0.6 is 23.3 Å². The Morgan fingerprint density at radius 3 is 2.83 bits per heavy atom. The molecular weight excluding hydrogens is 272 g/mol. The van der Waals surface area contributed by atoms with Gasteiger partial charge in [0.25, 0.3) is 0 Å². The summed E-state index contributed by atoms with van der Waals surface area (Å²) in [6.07, 6.45) is 0. The van der Waals surface area contributed by atoms with Gasteiger partial charge in [-0.05, 0) is 30.6 Å². The molecule has 18 heavy (non-hydrogen) atoms. The quantitative estimate of drug-likeness (QED) is 0.661. The van der Waals surface area contributed by atoms with Gasteiger partial charge in [-0.25, -0.2) is 4.98 Å². The molecule has 0 unspecified atom stereocenters. The Bertz CT molecular complexity index is 583. The Labute approximate surface area is 112 Å². The van der Waals surface area contributed by atoms with E-state index in [0.717, 1.165) is 10.4 Å². The summed E-state index contributed by atoms with van der Waals surface area (Å²) in [5, 5.41) is 18.7. The lowest BCUT2D eigenvalue weighted by molar-refractivity contribution is 0.102. The summed E-state index contributed by atoms with van der Waals surface area (Å²) in [6.45, 7) is 1.79. The molecule has 0 aliphatic carbocycles. The van der Waals surface area contributed by atoms with Gasteiger partial charge in [0.15, 0.2) is 10.1 Å². The zero-order valence-electron chi connectivity index (χ0n) is 9.45. The number of hydrogen-bond acceptors (Lipinski definition) is 7. The summed E-state index contributed by atoms with van der Waals surface area (Å²) >= 11 is 2.52. The summed E-state index contributed by atoms with van der Waals surface area (Å²) in [6, 6.07) is 3.92. The van der Waals surface area contributed by atoms with Crippen molar-refractivity contribution >= 4 is 29.1 Å². The summed E-state index contributed by atoms with van der Waals surface area (Å²) in [4.78, 5) is 16.0. The number of thioether (sulfide) groups is 1. The lowest BCUT2D eigenvalue weighted by Gasteiger charge is -2.03. The van der Waals surface area contributed by atoms with Crippen LogP contribution in [-0.4, -0.2) is 31.1 Å². The number of aryl methyl sites for hydroxylation is 1. The van der Waals surface area contributed by atoms with E-state index in [9.17, 15) is 9.90 Å². The molecule has 0 aliphatic rings. The Balaban J connectivity index is 2.03. The largest absolute Gasteiger partial charge is 0.508 e. The van der Waals surface area contributed by atoms with Crippen LogP contribution in [-0.2, 0) is 0 Å². The Kier molecular flexibility index (Phi) is 3.83. The summed E-state index contributed by atoms with van der Waals surface area (Å²) in [5.74, 6) is 0.353. The van der Waals surface area contributed by atoms with Crippen LogP contribution in [0.15, 0.2) is 22.5 Å². The first-order valence-corrected chi connectivity index (χ1v) is 6.80. The molecule has 2 aromatic rings. The van der Waals surface area contributed by atoms with Crippen LogP contribution < -0.4 is 0 Å². The molecule has 0 saturated carbocycles. The van der Waals surface area contributed by atoms with Gasteiger partial charge in [-0.1, -0.05) is 11.8 Å². The van der Waals surface area contributed by atoms with E-state index in [-0.39, 0.29) is 28.6 Å². The maximum Gasteiger partial charge on any atom is 0.176 e. The molecule has 0 saturated heterocycles. The van der Waals surface area contributed by atoms with E-state index in [0.29, 0.717) is 5.82 Å². The van der Waals surface area contributed by atoms with Crippen molar-refractivity contribution < 1.29 is 15.0 Å². The summed E-state index contributed by atoms with van der Waals surface area (Å²) in [7, 11) is 0. The first kappa shape index (κ1) is 12.8. The Morgan fingerprint density at radius 1 is 1.44 bits per heavy atom. The third-order valence-corrected chi connectivity index (χ3v) is 4.04. The highest BCUT2D eigenvalue weighted by molar-refractivity contribution is 8.01. The van der Waals surface area contributed by atoms with Gasteiger partial charge in [-0.2, -0.15) is 4.37 Å². The second-order valence-corrected chi connectivity index (χ2v) is 5.50. The minimum atomic E-state index is -0.217. The topological polar surface area (TPSA) is 83.3 Å². The third-order valence-electron chi connectivity index (χ3n) is 2.12. The SMILES string of the molecule is Cc1nsc(SCC(=O)c2ccc(O)cc2O)n1. The molecular formula is C11H10N2O3S2. The van der Waals surface area contributed by atoms with Gasteiger partial charge in [-0.3, -0.25) is 4.79 Å². The average Bonchev–Trinajstić information content (AvgIpc) is 2.72. The van der Waals surface area contributed by atoms with Crippen molar-refractivity contribution in [2.45, 2.75) is 11.3 Å². The number of carbonyl (C=O) groups is 1. The second kappa shape index (κ2) is 5.36. The number of rotatable bonds is 4. The van der Waals surface area contributed by atoms with Crippen LogP contribution in [0, 0.1) is 6.92 Å². The Morgan fingerprint density at radius 2 is 2.22 bits per heavy atom. The van der Waals surface area contributed by atoms with Crippen molar-refractivity contribution in [2.75, 3.05) is 5.75 Å². The van der Waals surface area contributed by atoms with Crippen LogP contribution in [0.25, 0.3) is 0 Å². The predicted molar refractivity (Wildman–Crippen MR) is 69.5 cm³/mol. The molecule has 0 atom stereocenters. The van der Waals surface area contributed by atoms with Crippen molar-refractivity contribution in [2.24, 2.45) is 0 Å². The zero-order chi connectivity index (χ0) is 13.1. The fourth-order valence-electron chi connectivity index (χ4n) is 1.30. The molecule has 0 aliphatic heterocycles. The lowest BCUT2D eigenvalue weighted by Crippen LogP contribution is -2.02. The van der Waals surface area contributed by atoms with E-state index in [1.165, 1.54) is 35.4 Å². The fraction of sp³-hybridized carbons (Fsp3) is 0.182. The molecule has 5 nitrogen and oxygen atoms in total. The van der Waals surface area contributed by atoms with Crippen LogP contribution in [0.2, 0.25) is 0 Å². The lowest BCUT2D eigenvalue weighted by atomic mass is 10.1.